The van der Waals surface area contributed by atoms with Crippen molar-refractivity contribution >= 4 is 17.2 Å². The molecule has 1 atom stereocenters. The molecule has 1 saturated heterocycles. The second-order valence-corrected chi connectivity index (χ2v) is 5.73. The van der Waals surface area contributed by atoms with Crippen LogP contribution in [-0.4, -0.2) is 25.2 Å². The van der Waals surface area contributed by atoms with Gasteiger partial charge in [-0.3, -0.25) is 4.79 Å². The maximum absolute atomic E-state index is 13.0. The lowest BCUT2D eigenvalue weighted by atomic mass is 10.1. The molecule has 2 aromatic carbocycles. The van der Waals surface area contributed by atoms with Gasteiger partial charge < -0.3 is 9.64 Å². The van der Waals surface area contributed by atoms with Crippen LogP contribution < -0.4 is 4.90 Å². The first kappa shape index (κ1) is 15.5. The summed E-state index contributed by atoms with van der Waals surface area (Å²) in [5, 5.41) is 0. The van der Waals surface area contributed by atoms with Gasteiger partial charge in [0.05, 0.1) is 12.6 Å². The molecule has 0 radical (unpaired) electrons. The van der Waals surface area contributed by atoms with Crippen LogP contribution in [0, 0.1) is 0 Å². The summed E-state index contributed by atoms with van der Waals surface area (Å²) in [6.45, 7) is 5.36. The zero-order valence-electron chi connectivity index (χ0n) is 13.2. The molecular weight excluding hydrogens is 286 g/mol. The Morgan fingerprint density at radius 2 is 1.74 bits per heavy atom. The first-order chi connectivity index (χ1) is 11.3. The summed E-state index contributed by atoms with van der Waals surface area (Å²) in [6, 6.07) is 19.3. The monoisotopic (exact) mass is 307 g/mol. The van der Waals surface area contributed by atoms with E-state index in [-0.39, 0.29) is 12.0 Å². The highest BCUT2D eigenvalue weighted by Gasteiger charge is 2.25. The number of hydrogen-bond acceptors (Lipinski definition) is 2. The Balaban J connectivity index is 1.85. The molecule has 2 aromatic rings. The van der Waals surface area contributed by atoms with Crippen molar-refractivity contribution in [2.24, 2.45) is 0 Å². The van der Waals surface area contributed by atoms with Crippen molar-refractivity contribution in [3.8, 4) is 0 Å². The molecule has 1 amide bonds. The molecule has 1 aliphatic rings. The van der Waals surface area contributed by atoms with Gasteiger partial charge in [0, 0.05) is 17.9 Å². The minimum absolute atomic E-state index is 0.0714. The molecule has 1 heterocycles. The number of nitrogens with zero attached hydrogens (tertiary/aromatic N) is 1. The summed E-state index contributed by atoms with van der Waals surface area (Å²) in [7, 11) is 0. The van der Waals surface area contributed by atoms with E-state index in [1.165, 1.54) is 0 Å². The molecule has 0 spiro atoms. The fraction of sp³-hybridized carbons (Fsp3) is 0.250. The summed E-state index contributed by atoms with van der Waals surface area (Å²) in [5.74, 6) is -0.0714. The third-order valence-electron chi connectivity index (χ3n) is 4.10. The maximum atomic E-state index is 13.0. The van der Waals surface area contributed by atoms with Crippen LogP contribution in [0.2, 0.25) is 0 Å². The van der Waals surface area contributed by atoms with Crippen molar-refractivity contribution < 1.29 is 9.53 Å². The smallest absolute Gasteiger partial charge is 0.258 e. The van der Waals surface area contributed by atoms with Crippen LogP contribution in [0.5, 0.6) is 0 Å². The number of amides is 1. The van der Waals surface area contributed by atoms with E-state index in [9.17, 15) is 4.79 Å². The number of ether oxygens (including phenoxy) is 1. The van der Waals surface area contributed by atoms with Gasteiger partial charge in [-0.05, 0) is 30.5 Å². The number of benzene rings is 2. The minimum Gasteiger partial charge on any atom is -0.376 e. The van der Waals surface area contributed by atoms with Gasteiger partial charge in [0.15, 0.2) is 0 Å². The van der Waals surface area contributed by atoms with Crippen LogP contribution in [0.4, 0.5) is 5.69 Å². The number of rotatable bonds is 5. The second kappa shape index (κ2) is 7.25. The van der Waals surface area contributed by atoms with Crippen molar-refractivity contribution in [2.45, 2.75) is 18.9 Å². The minimum atomic E-state index is -0.0714. The highest BCUT2D eigenvalue weighted by molar-refractivity contribution is 6.25. The molecule has 0 N–H and O–H groups in total. The fourth-order valence-electron chi connectivity index (χ4n) is 2.83. The molecule has 0 saturated carbocycles. The van der Waals surface area contributed by atoms with Gasteiger partial charge in [0.25, 0.3) is 5.91 Å². The molecule has 3 nitrogen and oxygen atoms in total. The second-order valence-electron chi connectivity index (χ2n) is 5.73. The van der Waals surface area contributed by atoms with Crippen molar-refractivity contribution in [1.82, 2.24) is 0 Å². The Hall–Kier alpha value is -2.39. The molecule has 23 heavy (non-hydrogen) atoms. The standard InChI is InChI=1S/C20H21NO2/c1-16(17-9-4-2-5-10-17)20(22)21(15-19-13-8-14-23-19)18-11-6-3-7-12-18/h2-7,9-12,19H,1,8,13-15H2. The Morgan fingerprint density at radius 1 is 1.09 bits per heavy atom. The summed E-state index contributed by atoms with van der Waals surface area (Å²) in [5.41, 5.74) is 2.24. The lowest BCUT2D eigenvalue weighted by molar-refractivity contribution is -0.113. The van der Waals surface area contributed by atoms with Crippen molar-refractivity contribution in [3.63, 3.8) is 0 Å². The lowest BCUT2D eigenvalue weighted by Crippen LogP contribution is -2.37. The Morgan fingerprint density at radius 3 is 2.35 bits per heavy atom. The first-order valence-electron chi connectivity index (χ1n) is 7.98. The topological polar surface area (TPSA) is 29.5 Å². The number of carbonyl (C=O) groups is 1. The van der Waals surface area contributed by atoms with Crippen molar-refractivity contribution in [1.29, 1.82) is 0 Å². The molecule has 0 aliphatic carbocycles. The van der Waals surface area contributed by atoms with E-state index in [4.69, 9.17) is 4.74 Å². The van der Waals surface area contributed by atoms with Gasteiger partial charge in [-0.25, -0.2) is 0 Å². The van der Waals surface area contributed by atoms with Crippen LogP contribution in [0.3, 0.4) is 0 Å². The van der Waals surface area contributed by atoms with E-state index < -0.39 is 0 Å². The number of carbonyl (C=O) groups excluding carboxylic acids is 1. The molecule has 3 heteroatoms. The zero-order valence-corrected chi connectivity index (χ0v) is 13.2. The van der Waals surface area contributed by atoms with E-state index in [1.54, 1.807) is 4.90 Å². The SMILES string of the molecule is C=C(C(=O)N(CC1CCCO1)c1ccccc1)c1ccccc1. The van der Waals surface area contributed by atoms with Gasteiger partial charge >= 0.3 is 0 Å². The Kier molecular flexibility index (Phi) is 4.89. The molecule has 1 aliphatic heterocycles. The van der Waals surface area contributed by atoms with E-state index in [1.807, 2.05) is 60.7 Å². The van der Waals surface area contributed by atoms with Crippen LogP contribution >= 0.6 is 0 Å². The summed E-state index contributed by atoms with van der Waals surface area (Å²) < 4.78 is 5.72. The molecule has 3 rings (SSSR count). The molecular formula is C20H21NO2. The Bertz CT molecular complexity index is 661. The average Bonchev–Trinajstić information content (AvgIpc) is 3.13. The Labute approximate surface area is 137 Å². The summed E-state index contributed by atoms with van der Waals surface area (Å²) >= 11 is 0. The average molecular weight is 307 g/mol. The molecule has 1 unspecified atom stereocenters. The van der Waals surface area contributed by atoms with Crippen molar-refractivity contribution in [3.05, 3.63) is 72.8 Å². The third-order valence-corrected chi connectivity index (χ3v) is 4.10. The fourth-order valence-corrected chi connectivity index (χ4v) is 2.83. The zero-order chi connectivity index (χ0) is 16.1. The van der Waals surface area contributed by atoms with Gasteiger partial charge in [-0.1, -0.05) is 55.1 Å². The summed E-state index contributed by atoms with van der Waals surface area (Å²) in [4.78, 5) is 14.8. The van der Waals surface area contributed by atoms with E-state index in [2.05, 4.69) is 6.58 Å². The molecule has 0 aromatic heterocycles. The van der Waals surface area contributed by atoms with Crippen LogP contribution in [0.15, 0.2) is 67.2 Å². The van der Waals surface area contributed by atoms with E-state index in [0.29, 0.717) is 12.1 Å². The predicted octanol–water partition coefficient (Wildman–Crippen LogP) is 3.91. The largest absolute Gasteiger partial charge is 0.376 e. The molecule has 1 fully saturated rings. The van der Waals surface area contributed by atoms with Crippen LogP contribution in [-0.2, 0) is 9.53 Å². The summed E-state index contributed by atoms with van der Waals surface area (Å²) in [6.07, 6.45) is 2.15. The van der Waals surface area contributed by atoms with Gasteiger partial charge in [0.2, 0.25) is 0 Å². The lowest BCUT2D eigenvalue weighted by Gasteiger charge is -2.26. The molecule has 0 bridgehead atoms. The first-order valence-corrected chi connectivity index (χ1v) is 7.98. The number of para-hydroxylation sites is 1. The molecule has 118 valence electrons. The number of hydrogen-bond donors (Lipinski definition) is 0. The van der Waals surface area contributed by atoms with E-state index >= 15 is 0 Å². The highest BCUT2D eigenvalue weighted by atomic mass is 16.5. The van der Waals surface area contributed by atoms with Crippen LogP contribution in [0.1, 0.15) is 18.4 Å². The highest BCUT2D eigenvalue weighted by Crippen LogP contribution is 2.23. The quantitative estimate of drug-likeness (QED) is 0.784. The van der Waals surface area contributed by atoms with Gasteiger partial charge in [-0.15, -0.1) is 0 Å². The van der Waals surface area contributed by atoms with Gasteiger partial charge in [0.1, 0.15) is 0 Å². The van der Waals surface area contributed by atoms with E-state index in [0.717, 1.165) is 30.7 Å². The van der Waals surface area contributed by atoms with Crippen molar-refractivity contribution in [2.75, 3.05) is 18.1 Å². The van der Waals surface area contributed by atoms with Gasteiger partial charge in [-0.2, -0.15) is 0 Å². The normalized spacial score (nSPS) is 17.0. The predicted molar refractivity (Wildman–Crippen MR) is 93.2 cm³/mol. The maximum Gasteiger partial charge on any atom is 0.258 e. The third kappa shape index (κ3) is 3.69. The van der Waals surface area contributed by atoms with Crippen LogP contribution in [0.25, 0.3) is 5.57 Å². The number of anilines is 1.